The van der Waals surface area contributed by atoms with Crippen molar-refractivity contribution in [1.29, 1.82) is 0 Å². The third-order valence-corrected chi connectivity index (χ3v) is 4.33. The van der Waals surface area contributed by atoms with Crippen molar-refractivity contribution < 1.29 is 47.2 Å². The van der Waals surface area contributed by atoms with Crippen molar-refractivity contribution in [1.82, 2.24) is 15.2 Å². The van der Waals surface area contributed by atoms with Crippen LogP contribution in [0.5, 0.6) is 5.75 Å². The van der Waals surface area contributed by atoms with Gasteiger partial charge < -0.3 is 29.5 Å². The maximum Gasteiger partial charge on any atom is 0.573 e. The van der Waals surface area contributed by atoms with Crippen molar-refractivity contribution in [2.75, 3.05) is 31.3 Å². The van der Waals surface area contributed by atoms with Crippen molar-refractivity contribution >= 4 is 23.9 Å². The number of nitrogens with one attached hydrogen (secondary N) is 1. The van der Waals surface area contributed by atoms with E-state index in [-0.39, 0.29) is 25.3 Å². The molecule has 14 heteroatoms. The summed E-state index contributed by atoms with van der Waals surface area (Å²) >= 11 is 0. The lowest BCUT2D eigenvalue weighted by atomic mass is 10.2. The first-order valence-corrected chi connectivity index (χ1v) is 9.75. The zero-order chi connectivity index (χ0) is 25.0. The van der Waals surface area contributed by atoms with Gasteiger partial charge in [0.25, 0.3) is 0 Å². The Morgan fingerprint density at radius 1 is 1.15 bits per heavy atom. The molecule has 2 rings (SSSR count). The molecule has 1 aliphatic rings. The molecule has 1 aliphatic heterocycles. The Labute approximate surface area is 187 Å². The first-order chi connectivity index (χ1) is 15.2. The fourth-order valence-corrected chi connectivity index (χ4v) is 2.98. The number of hydrogen-bond donors (Lipinski definition) is 3. The lowest BCUT2D eigenvalue weighted by Gasteiger charge is -2.41. The fraction of sp³-hybridized carbons (Fsp3) is 0.526. The summed E-state index contributed by atoms with van der Waals surface area (Å²) in [5.41, 5.74) is 1.30. The van der Waals surface area contributed by atoms with Gasteiger partial charge in [0.2, 0.25) is 0 Å². The number of carbonyl (C=O) groups is 3. The Hall–Kier alpha value is -3.42. The van der Waals surface area contributed by atoms with E-state index in [0.717, 1.165) is 39.1 Å². The largest absolute Gasteiger partial charge is 0.573 e. The summed E-state index contributed by atoms with van der Waals surface area (Å²) < 4.78 is 46.3. The number of urea groups is 1. The smallest absolute Gasteiger partial charge is 0.465 e. The van der Waals surface area contributed by atoms with E-state index in [1.54, 1.807) is 20.8 Å². The van der Waals surface area contributed by atoms with Crippen molar-refractivity contribution in [2.24, 2.45) is 0 Å². The van der Waals surface area contributed by atoms with Gasteiger partial charge in [0, 0.05) is 19.6 Å². The number of hydrazine groups is 1. The zero-order valence-corrected chi connectivity index (χ0v) is 18.1. The maximum atomic E-state index is 13.3. The average Bonchev–Trinajstić information content (AvgIpc) is 2.69. The molecule has 1 saturated heterocycles. The standard InChI is InChI=1S/C19H25F3N4O7/c1-18(2,3)33-15(28)23-26(12-4-6-14(7-5-12)32-19(20,21)22)16(29)25-9-8-24(17(30)31)10-13(25)11-27/h4-7,13,27H,8-11H2,1-3H3,(H,23,28)(H,30,31)/t13-/m0/s1. The number of amides is 4. The van der Waals surface area contributed by atoms with E-state index in [1.165, 1.54) is 0 Å². The molecule has 1 heterocycles. The highest BCUT2D eigenvalue weighted by atomic mass is 19.4. The summed E-state index contributed by atoms with van der Waals surface area (Å²) in [5.74, 6) is -0.542. The van der Waals surface area contributed by atoms with Gasteiger partial charge in [-0.1, -0.05) is 0 Å². The molecule has 0 spiro atoms. The van der Waals surface area contributed by atoms with Crippen molar-refractivity contribution in [3.8, 4) is 5.75 Å². The summed E-state index contributed by atoms with van der Waals surface area (Å²) in [6.07, 6.45) is -7.15. The molecule has 11 nitrogen and oxygen atoms in total. The van der Waals surface area contributed by atoms with Crippen molar-refractivity contribution in [2.45, 2.75) is 38.8 Å². The van der Waals surface area contributed by atoms with Gasteiger partial charge in [0.1, 0.15) is 11.4 Å². The third-order valence-electron chi connectivity index (χ3n) is 4.33. The number of benzene rings is 1. The fourth-order valence-electron chi connectivity index (χ4n) is 2.98. The number of nitrogens with zero attached hydrogens (tertiary/aromatic N) is 3. The highest BCUT2D eigenvalue weighted by molar-refractivity contribution is 5.94. The molecular formula is C19H25F3N4O7. The second-order valence-electron chi connectivity index (χ2n) is 8.03. The minimum Gasteiger partial charge on any atom is -0.465 e. The van der Waals surface area contributed by atoms with E-state index in [9.17, 15) is 32.7 Å². The van der Waals surface area contributed by atoms with Crippen LogP contribution in [0.1, 0.15) is 20.8 Å². The number of hydrogen-bond acceptors (Lipinski definition) is 6. The number of aliphatic hydroxyl groups is 1. The van der Waals surface area contributed by atoms with Crippen LogP contribution in [0, 0.1) is 0 Å². The number of aliphatic hydroxyl groups excluding tert-OH is 1. The van der Waals surface area contributed by atoms with E-state index in [1.807, 2.05) is 0 Å². The van der Waals surface area contributed by atoms with Gasteiger partial charge in [0.05, 0.1) is 18.3 Å². The lowest BCUT2D eigenvalue weighted by molar-refractivity contribution is -0.274. The monoisotopic (exact) mass is 478 g/mol. The summed E-state index contributed by atoms with van der Waals surface area (Å²) in [5, 5.41) is 19.6. The van der Waals surface area contributed by atoms with Gasteiger partial charge in [-0.2, -0.15) is 5.01 Å². The van der Waals surface area contributed by atoms with Crippen LogP contribution in [0.15, 0.2) is 24.3 Å². The Bertz CT molecular complexity index is 858. The summed E-state index contributed by atoms with van der Waals surface area (Å²) in [6.45, 7) is 3.90. The first kappa shape index (κ1) is 25.8. The van der Waals surface area contributed by atoms with Crippen LogP contribution in [0.4, 0.5) is 33.2 Å². The Morgan fingerprint density at radius 2 is 1.76 bits per heavy atom. The minimum absolute atomic E-state index is 0.0299. The molecular weight excluding hydrogens is 453 g/mol. The molecule has 0 saturated carbocycles. The van der Waals surface area contributed by atoms with Crippen molar-refractivity contribution in [3.05, 3.63) is 24.3 Å². The van der Waals surface area contributed by atoms with Gasteiger partial charge >= 0.3 is 24.6 Å². The Kier molecular flexibility index (Phi) is 7.84. The molecule has 184 valence electrons. The van der Waals surface area contributed by atoms with Crippen LogP contribution in [-0.2, 0) is 4.74 Å². The predicted octanol–water partition coefficient (Wildman–Crippen LogP) is 2.61. The molecule has 0 unspecified atom stereocenters. The summed E-state index contributed by atoms with van der Waals surface area (Å²) in [4.78, 5) is 39.0. The molecule has 1 aromatic rings. The van der Waals surface area contributed by atoms with E-state index in [4.69, 9.17) is 9.84 Å². The third kappa shape index (κ3) is 7.59. The molecule has 0 aromatic heterocycles. The molecule has 33 heavy (non-hydrogen) atoms. The topological polar surface area (TPSA) is 132 Å². The SMILES string of the molecule is CC(C)(C)OC(=O)NN(C(=O)N1CCN(C(=O)O)C[C@H]1CO)c1ccc(OC(F)(F)F)cc1. The number of anilines is 1. The zero-order valence-electron chi connectivity index (χ0n) is 18.1. The maximum absolute atomic E-state index is 13.3. The lowest BCUT2D eigenvalue weighted by Crippen LogP contribution is -2.63. The summed E-state index contributed by atoms with van der Waals surface area (Å²) in [6, 6.07) is 2.35. The van der Waals surface area contributed by atoms with E-state index in [0.29, 0.717) is 0 Å². The van der Waals surface area contributed by atoms with Crippen LogP contribution >= 0.6 is 0 Å². The number of alkyl halides is 3. The second kappa shape index (κ2) is 10.0. The van der Waals surface area contributed by atoms with E-state index >= 15 is 0 Å². The first-order valence-electron chi connectivity index (χ1n) is 9.75. The molecule has 0 radical (unpaired) electrons. The molecule has 1 atom stereocenters. The van der Waals surface area contributed by atoms with Gasteiger partial charge in [-0.15, -0.1) is 13.2 Å². The molecule has 3 N–H and O–H groups in total. The quantitative estimate of drug-likeness (QED) is 0.569. The van der Waals surface area contributed by atoms with Gasteiger partial charge in [-0.05, 0) is 45.0 Å². The molecule has 1 fully saturated rings. The average molecular weight is 478 g/mol. The number of carbonyl (C=O) groups excluding carboxylic acids is 2. The van der Waals surface area contributed by atoms with Crippen LogP contribution < -0.4 is 15.2 Å². The minimum atomic E-state index is -4.91. The highest BCUT2D eigenvalue weighted by Gasteiger charge is 2.36. The molecule has 1 aromatic carbocycles. The van der Waals surface area contributed by atoms with Crippen LogP contribution in [0.2, 0.25) is 0 Å². The number of ether oxygens (including phenoxy) is 2. The van der Waals surface area contributed by atoms with Crippen LogP contribution in [-0.4, -0.2) is 82.5 Å². The Morgan fingerprint density at radius 3 is 2.24 bits per heavy atom. The number of carboxylic acid groups (broad SMARTS) is 1. The Balaban J connectivity index is 2.31. The summed E-state index contributed by atoms with van der Waals surface area (Å²) in [7, 11) is 0. The number of rotatable bonds is 3. The van der Waals surface area contributed by atoms with Gasteiger partial charge in [-0.3, -0.25) is 0 Å². The predicted molar refractivity (Wildman–Crippen MR) is 108 cm³/mol. The van der Waals surface area contributed by atoms with Gasteiger partial charge in [0.15, 0.2) is 0 Å². The van der Waals surface area contributed by atoms with Crippen LogP contribution in [0.3, 0.4) is 0 Å². The van der Waals surface area contributed by atoms with E-state index in [2.05, 4.69) is 10.2 Å². The van der Waals surface area contributed by atoms with E-state index < -0.39 is 48.6 Å². The number of halogens is 3. The highest BCUT2D eigenvalue weighted by Crippen LogP contribution is 2.26. The second-order valence-corrected chi connectivity index (χ2v) is 8.03. The molecule has 0 bridgehead atoms. The molecule has 0 aliphatic carbocycles. The van der Waals surface area contributed by atoms with Crippen molar-refractivity contribution in [3.63, 3.8) is 0 Å². The van der Waals surface area contributed by atoms with Gasteiger partial charge in [-0.25, -0.2) is 19.8 Å². The number of piperazine rings is 1. The normalized spacial score (nSPS) is 16.8. The molecule has 4 amide bonds. The van der Waals surface area contributed by atoms with Crippen LogP contribution in [0.25, 0.3) is 0 Å².